The molecule has 198 valence electrons. The zero-order chi connectivity index (χ0) is 27.1. The molecule has 0 bridgehead atoms. The fourth-order valence-corrected chi connectivity index (χ4v) is 5.32. The lowest BCUT2D eigenvalue weighted by Gasteiger charge is -2.34. The molecule has 0 amide bonds. The average molecular weight is 580 g/mol. The van der Waals surface area contributed by atoms with E-state index in [9.17, 15) is 31.9 Å². The molecule has 0 spiro atoms. The molecule has 0 unspecified atom stereocenters. The number of benzene rings is 1. The first-order valence-electron chi connectivity index (χ1n) is 10.3. The van der Waals surface area contributed by atoms with E-state index < -0.39 is 44.0 Å². The van der Waals surface area contributed by atoms with Gasteiger partial charge in [-0.3, -0.25) is 9.78 Å². The van der Waals surface area contributed by atoms with Gasteiger partial charge in [-0.05, 0) is 25.0 Å². The number of methoxy groups -OCH3 is 1. The Morgan fingerprint density at radius 3 is 2.46 bits per heavy atom. The lowest BCUT2D eigenvalue weighted by atomic mass is 9.90. The van der Waals surface area contributed by atoms with Gasteiger partial charge in [-0.25, -0.2) is 31.7 Å². The molecule has 1 saturated carbocycles. The normalized spacial score (nSPS) is 17.6. The topological polar surface area (TPSA) is 165 Å². The molecule has 1 fully saturated rings. The van der Waals surface area contributed by atoms with Crippen LogP contribution in [0.4, 0.5) is 8.78 Å². The van der Waals surface area contributed by atoms with Gasteiger partial charge in [0, 0.05) is 19.2 Å². The molecule has 0 aliphatic heterocycles. The van der Waals surface area contributed by atoms with Crippen molar-refractivity contribution < 1.29 is 31.8 Å². The summed E-state index contributed by atoms with van der Waals surface area (Å²) in [6.45, 7) is 0. The first-order valence-corrected chi connectivity index (χ1v) is 12.6. The van der Waals surface area contributed by atoms with Crippen LogP contribution in [0.2, 0.25) is 10.0 Å². The van der Waals surface area contributed by atoms with Crippen LogP contribution in [0.25, 0.3) is 5.69 Å². The number of pyridine rings is 1. The minimum atomic E-state index is -4.16. The summed E-state index contributed by atoms with van der Waals surface area (Å²) in [6, 6.07) is 2.76. The van der Waals surface area contributed by atoms with E-state index >= 15 is 0 Å². The SMILES string of the molecule is CO[C@H]1C[C@H](NS(=O)(=O)c2cc(Oc3c(Cl)cc(-n4nc(C(F)F)c(=O)[nH]c4=O)cc3Cl)ncc2O)C1. The lowest BCUT2D eigenvalue weighted by molar-refractivity contribution is 0.0236. The Morgan fingerprint density at radius 2 is 1.86 bits per heavy atom. The molecule has 37 heavy (non-hydrogen) atoms. The maximum Gasteiger partial charge on any atom is 0.349 e. The lowest BCUT2D eigenvalue weighted by Crippen LogP contribution is -2.47. The number of aromatic nitrogens is 4. The predicted molar refractivity (Wildman–Crippen MR) is 126 cm³/mol. The fraction of sp³-hybridized carbons (Fsp3) is 0.300. The van der Waals surface area contributed by atoms with Gasteiger partial charge in [0.1, 0.15) is 4.90 Å². The summed E-state index contributed by atoms with van der Waals surface area (Å²) >= 11 is 12.4. The molecular weight excluding hydrogens is 563 g/mol. The highest BCUT2D eigenvalue weighted by Gasteiger charge is 2.34. The Morgan fingerprint density at radius 1 is 1.22 bits per heavy atom. The Kier molecular flexibility index (Phi) is 7.52. The van der Waals surface area contributed by atoms with Gasteiger partial charge in [-0.15, -0.1) is 0 Å². The third-order valence-electron chi connectivity index (χ3n) is 5.35. The second-order valence-electron chi connectivity index (χ2n) is 7.84. The van der Waals surface area contributed by atoms with Gasteiger partial charge in [0.25, 0.3) is 12.0 Å². The summed E-state index contributed by atoms with van der Waals surface area (Å²) in [5.41, 5.74) is -3.84. The van der Waals surface area contributed by atoms with Gasteiger partial charge in [0.05, 0.1) is 28.0 Å². The van der Waals surface area contributed by atoms with E-state index in [2.05, 4.69) is 14.8 Å². The minimum Gasteiger partial charge on any atom is -0.505 e. The van der Waals surface area contributed by atoms with Crippen molar-refractivity contribution in [2.75, 3.05) is 7.11 Å². The summed E-state index contributed by atoms with van der Waals surface area (Å²) < 4.78 is 65.2. The second-order valence-corrected chi connectivity index (χ2v) is 10.3. The van der Waals surface area contributed by atoms with E-state index in [0.29, 0.717) is 17.5 Å². The van der Waals surface area contributed by atoms with Crippen molar-refractivity contribution in [2.24, 2.45) is 0 Å². The molecule has 12 nitrogen and oxygen atoms in total. The van der Waals surface area contributed by atoms with Crippen molar-refractivity contribution in [3.05, 3.63) is 61.0 Å². The third-order valence-corrected chi connectivity index (χ3v) is 7.47. The van der Waals surface area contributed by atoms with E-state index in [1.54, 1.807) is 4.98 Å². The quantitative estimate of drug-likeness (QED) is 0.363. The molecular formula is C20H17Cl2F2N5O7S. The second kappa shape index (κ2) is 10.3. The first kappa shape index (κ1) is 26.9. The Bertz CT molecular complexity index is 1550. The van der Waals surface area contributed by atoms with E-state index in [-0.39, 0.29) is 39.5 Å². The number of nitrogens with one attached hydrogen (secondary N) is 2. The summed E-state index contributed by atoms with van der Waals surface area (Å²) in [5.74, 6) is -1.17. The number of hydrogen-bond donors (Lipinski definition) is 3. The summed E-state index contributed by atoms with van der Waals surface area (Å²) in [7, 11) is -2.64. The van der Waals surface area contributed by atoms with E-state index in [1.165, 1.54) is 7.11 Å². The van der Waals surface area contributed by atoms with Crippen molar-refractivity contribution in [3.63, 3.8) is 0 Å². The number of halogens is 4. The molecule has 0 atom stereocenters. The van der Waals surface area contributed by atoms with Crippen LogP contribution in [-0.4, -0.2) is 52.5 Å². The van der Waals surface area contributed by atoms with Crippen LogP contribution in [-0.2, 0) is 14.8 Å². The van der Waals surface area contributed by atoms with Crippen molar-refractivity contribution in [1.82, 2.24) is 24.5 Å². The number of aromatic amines is 1. The zero-order valence-electron chi connectivity index (χ0n) is 18.6. The standard InChI is InChI=1S/C20H17Cl2F2N5O7S/c1-35-10-2-8(3-10)28-37(33,34)14-6-15(25-7-13(14)30)36-17-11(21)4-9(5-12(17)22)29-20(32)26-19(31)16(27-29)18(23)24/h4-8,10,18,28,30H,2-3H2,1H3,(H,26,31,32)/t8-,10-. The van der Waals surface area contributed by atoms with Crippen LogP contribution in [0, 0.1) is 0 Å². The number of ether oxygens (including phenoxy) is 2. The maximum atomic E-state index is 13.0. The van der Waals surface area contributed by atoms with E-state index in [1.807, 2.05) is 0 Å². The number of alkyl halides is 2. The molecule has 1 aliphatic carbocycles. The van der Waals surface area contributed by atoms with Crippen molar-refractivity contribution in [1.29, 1.82) is 0 Å². The molecule has 2 aromatic heterocycles. The van der Waals surface area contributed by atoms with Crippen molar-refractivity contribution in [2.45, 2.75) is 36.3 Å². The summed E-state index contributed by atoms with van der Waals surface area (Å²) in [5, 5.41) is 13.0. The number of rotatable bonds is 8. The van der Waals surface area contributed by atoms with Gasteiger partial charge >= 0.3 is 5.69 Å². The zero-order valence-corrected chi connectivity index (χ0v) is 20.9. The number of hydrogen-bond acceptors (Lipinski definition) is 9. The number of sulfonamides is 1. The molecule has 0 radical (unpaired) electrons. The molecule has 17 heteroatoms. The Hall–Kier alpha value is -3.11. The average Bonchev–Trinajstić information content (AvgIpc) is 2.79. The van der Waals surface area contributed by atoms with Crippen LogP contribution in [0.15, 0.2) is 38.9 Å². The van der Waals surface area contributed by atoms with Crippen LogP contribution in [0.5, 0.6) is 17.4 Å². The fourth-order valence-electron chi connectivity index (χ4n) is 3.42. The maximum absolute atomic E-state index is 13.0. The van der Waals surface area contributed by atoms with Gasteiger partial charge in [-0.1, -0.05) is 23.2 Å². The van der Waals surface area contributed by atoms with Gasteiger partial charge in [0.15, 0.2) is 17.2 Å². The molecule has 3 N–H and O–H groups in total. The van der Waals surface area contributed by atoms with Crippen molar-refractivity contribution >= 4 is 33.2 Å². The minimum absolute atomic E-state index is 0.0611. The highest BCUT2D eigenvalue weighted by Crippen LogP contribution is 2.39. The van der Waals surface area contributed by atoms with Crippen LogP contribution >= 0.6 is 23.2 Å². The highest BCUT2D eigenvalue weighted by atomic mass is 35.5. The van der Waals surface area contributed by atoms with E-state index in [4.69, 9.17) is 32.7 Å². The molecule has 4 rings (SSSR count). The van der Waals surface area contributed by atoms with Crippen LogP contribution < -0.4 is 20.7 Å². The predicted octanol–water partition coefficient (Wildman–Crippen LogP) is 2.51. The van der Waals surface area contributed by atoms with Gasteiger partial charge in [-0.2, -0.15) is 9.78 Å². The van der Waals surface area contributed by atoms with Crippen molar-refractivity contribution in [3.8, 4) is 23.1 Å². The molecule has 3 aromatic rings. The largest absolute Gasteiger partial charge is 0.505 e. The van der Waals surface area contributed by atoms with Crippen LogP contribution in [0.3, 0.4) is 0 Å². The third kappa shape index (κ3) is 5.60. The monoisotopic (exact) mass is 579 g/mol. The summed E-state index contributed by atoms with van der Waals surface area (Å²) in [6.07, 6.45) is -1.53. The number of aromatic hydroxyl groups is 1. The Balaban J connectivity index is 1.63. The smallest absolute Gasteiger partial charge is 0.349 e. The molecule has 0 saturated heterocycles. The van der Waals surface area contributed by atoms with Gasteiger partial charge < -0.3 is 14.6 Å². The molecule has 1 aromatic carbocycles. The van der Waals surface area contributed by atoms with E-state index in [0.717, 1.165) is 24.4 Å². The van der Waals surface area contributed by atoms with Crippen LogP contribution in [0.1, 0.15) is 25.0 Å². The summed E-state index contributed by atoms with van der Waals surface area (Å²) in [4.78, 5) is 28.6. The number of H-pyrrole nitrogens is 1. The first-order chi connectivity index (χ1) is 17.4. The van der Waals surface area contributed by atoms with Gasteiger partial charge in [0.2, 0.25) is 15.9 Å². The Labute approximate surface area is 216 Å². The molecule has 2 heterocycles. The number of nitrogens with zero attached hydrogens (tertiary/aromatic N) is 3. The molecule has 1 aliphatic rings. The highest BCUT2D eigenvalue weighted by molar-refractivity contribution is 7.89.